The summed E-state index contributed by atoms with van der Waals surface area (Å²) in [5.41, 5.74) is 1.40. The Morgan fingerprint density at radius 3 is 2.56 bits per heavy atom. The van der Waals surface area contributed by atoms with Crippen LogP contribution in [0.3, 0.4) is 0 Å². The molecule has 92 valence electrons. The van der Waals surface area contributed by atoms with Crippen LogP contribution in [0, 0.1) is 0 Å². The number of nitrogens with one attached hydrogen (secondary N) is 1. The number of hydrogen-bond donors (Lipinski definition) is 1. The third kappa shape index (κ3) is 4.47. The van der Waals surface area contributed by atoms with Crippen molar-refractivity contribution in [3.05, 3.63) is 19.2 Å². The van der Waals surface area contributed by atoms with Gasteiger partial charge < -0.3 is 5.32 Å². The largest absolute Gasteiger partial charge is 0.310 e. The van der Waals surface area contributed by atoms with Crippen molar-refractivity contribution in [1.29, 1.82) is 0 Å². The number of thiophene rings is 1. The van der Waals surface area contributed by atoms with Gasteiger partial charge in [0.05, 0.1) is 7.57 Å². The van der Waals surface area contributed by atoms with Gasteiger partial charge in [0.15, 0.2) is 0 Å². The molecule has 0 spiro atoms. The van der Waals surface area contributed by atoms with Gasteiger partial charge in [-0.15, -0.1) is 11.3 Å². The van der Waals surface area contributed by atoms with E-state index < -0.39 is 0 Å². The molecule has 0 saturated heterocycles. The molecular formula is C12H19Br2NS. The summed E-state index contributed by atoms with van der Waals surface area (Å²) in [5, 5.41) is 3.63. The first-order valence-electron chi connectivity index (χ1n) is 5.87. The molecule has 1 N–H and O–H groups in total. The van der Waals surface area contributed by atoms with Gasteiger partial charge in [-0.1, -0.05) is 26.7 Å². The van der Waals surface area contributed by atoms with Gasteiger partial charge >= 0.3 is 0 Å². The zero-order valence-electron chi connectivity index (χ0n) is 9.85. The highest BCUT2D eigenvalue weighted by atomic mass is 79.9. The maximum absolute atomic E-state index is 3.65. The van der Waals surface area contributed by atoms with Crippen LogP contribution in [0.1, 0.15) is 51.1 Å². The highest BCUT2D eigenvalue weighted by Crippen LogP contribution is 2.37. The molecule has 1 rings (SSSR count). The predicted molar refractivity (Wildman–Crippen MR) is 80.3 cm³/mol. The fraction of sp³-hybridized carbons (Fsp3) is 0.667. The molecule has 0 aliphatic heterocycles. The van der Waals surface area contributed by atoms with E-state index in [0.29, 0.717) is 6.04 Å². The lowest BCUT2D eigenvalue weighted by molar-refractivity contribution is 0.481. The van der Waals surface area contributed by atoms with E-state index in [4.69, 9.17) is 0 Å². The molecule has 1 aromatic heterocycles. The molecule has 0 amide bonds. The van der Waals surface area contributed by atoms with Gasteiger partial charge in [-0.25, -0.2) is 0 Å². The molecule has 1 nitrogen and oxygen atoms in total. The Balaban J connectivity index is 2.70. The third-order valence-corrected chi connectivity index (χ3v) is 4.93. The lowest BCUT2D eigenvalue weighted by Gasteiger charge is -2.17. The van der Waals surface area contributed by atoms with E-state index in [2.05, 4.69) is 57.1 Å². The summed E-state index contributed by atoms with van der Waals surface area (Å²) in [7, 11) is 0. The predicted octanol–water partition coefficient (Wildman–Crippen LogP) is 5.50. The van der Waals surface area contributed by atoms with Crippen LogP contribution in [0.4, 0.5) is 0 Å². The molecule has 0 bridgehead atoms. The summed E-state index contributed by atoms with van der Waals surface area (Å²) in [4.78, 5) is 0. The second kappa shape index (κ2) is 7.85. The topological polar surface area (TPSA) is 12.0 Å². The first kappa shape index (κ1) is 14.7. The molecule has 0 radical (unpaired) electrons. The van der Waals surface area contributed by atoms with Crippen molar-refractivity contribution in [2.24, 2.45) is 0 Å². The molecule has 0 aliphatic rings. The van der Waals surface area contributed by atoms with Crippen LogP contribution in [0.2, 0.25) is 0 Å². The molecule has 1 heterocycles. The van der Waals surface area contributed by atoms with Crippen LogP contribution in [0.15, 0.2) is 13.6 Å². The van der Waals surface area contributed by atoms with Gasteiger partial charge in [0, 0.05) is 6.04 Å². The van der Waals surface area contributed by atoms with E-state index in [1.54, 1.807) is 11.3 Å². The minimum absolute atomic E-state index is 0.497. The van der Waals surface area contributed by atoms with Crippen molar-refractivity contribution < 1.29 is 0 Å². The Morgan fingerprint density at radius 2 is 2.06 bits per heavy atom. The molecule has 1 unspecified atom stereocenters. The van der Waals surface area contributed by atoms with E-state index in [9.17, 15) is 0 Å². The number of unbranched alkanes of at least 4 members (excludes halogenated alkanes) is 1. The van der Waals surface area contributed by atoms with Crippen molar-refractivity contribution in [1.82, 2.24) is 5.32 Å². The molecule has 16 heavy (non-hydrogen) atoms. The Bertz CT molecular complexity index is 304. The molecule has 1 atom stereocenters. The van der Waals surface area contributed by atoms with Gasteiger partial charge in [-0.05, 0) is 62.9 Å². The SMILES string of the molecule is CCCCC(NCCC)c1cc(Br)sc1Br. The zero-order chi connectivity index (χ0) is 12.0. The van der Waals surface area contributed by atoms with E-state index in [1.165, 1.54) is 38.8 Å². The lowest BCUT2D eigenvalue weighted by atomic mass is 10.0. The van der Waals surface area contributed by atoms with Crippen molar-refractivity contribution in [3.63, 3.8) is 0 Å². The van der Waals surface area contributed by atoms with Crippen molar-refractivity contribution in [2.45, 2.75) is 45.6 Å². The maximum atomic E-state index is 3.65. The summed E-state index contributed by atoms with van der Waals surface area (Å²) in [6.45, 7) is 5.55. The Labute approximate surface area is 119 Å². The molecule has 0 fully saturated rings. The first-order valence-corrected chi connectivity index (χ1v) is 8.27. The van der Waals surface area contributed by atoms with Crippen LogP contribution >= 0.6 is 43.2 Å². The minimum atomic E-state index is 0.497. The molecular weight excluding hydrogens is 350 g/mol. The van der Waals surface area contributed by atoms with Crippen molar-refractivity contribution in [3.8, 4) is 0 Å². The van der Waals surface area contributed by atoms with Crippen molar-refractivity contribution >= 4 is 43.2 Å². The van der Waals surface area contributed by atoms with Gasteiger partial charge in [-0.3, -0.25) is 0 Å². The summed E-state index contributed by atoms with van der Waals surface area (Å²) in [6, 6.07) is 2.73. The fourth-order valence-corrected chi connectivity index (χ4v) is 4.66. The lowest BCUT2D eigenvalue weighted by Crippen LogP contribution is -2.21. The molecule has 0 aliphatic carbocycles. The summed E-state index contributed by atoms with van der Waals surface area (Å²) in [6.07, 6.45) is 4.94. The molecule has 0 saturated carbocycles. The standard InChI is InChI=1S/C12H19Br2NS/c1-3-5-6-10(15-7-4-2)9-8-11(13)16-12(9)14/h8,10,15H,3-7H2,1-2H3. The minimum Gasteiger partial charge on any atom is -0.310 e. The van der Waals surface area contributed by atoms with E-state index in [-0.39, 0.29) is 0 Å². The Hall–Kier alpha value is 0.620. The van der Waals surface area contributed by atoms with E-state index in [1.807, 2.05) is 0 Å². The molecule has 1 aromatic rings. The quantitative estimate of drug-likeness (QED) is 0.669. The summed E-state index contributed by atoms with van der Waals surface area (Å²) < 4.78 is 2.46. The fourth-order valence-electron chi connectivity index (χ4n) is 1.68. The van der Waals surface area contributed by atoms with Gasteiger partial charge in [0.25, 0.3) is 0 Å². The number of hydrogen-bond acceptors (Lipinski definition) is 2. The average molecular weight is 369 g/mol. The summed E-state index contributed by atoms with van der Waals surface area (Å²) >= 11 is 8.96. The highest BCUT2D eigenvalue weighted by Gasteiger charge is 2.15. The average Bonchev–Trinajstić information content (AvgIpc) is 2.58. The van der Waals surface area contributed by atoms with Crippen molar-refractivity contribution in [2.75, 3.05) is 6.54 Å². The van der Waals surface area contributed by atoms with Crippen LogP contribution in [0.25, 0.3) is 0 Å². The molecule has 0 aromatic carbocycles. The zero-order valence-corrected chi connectivity index (χ0v) is 13.8. The maximum Gasteiger partial charge on any atom is 0.0758 e. The first-order chi connectivity index (χ1) is 7.69. The van der Waals surface area contributed by atoms with Crippen LogP contribution < -0.4 is 5.32 Å². The Morgan fingerprint density at radius 1 is 1.31 bits per heavy atom. The number of rotatable bonds is 7. The van der Waals surface area contributed by atoms with Crippen LogP contribution in [0.5, 0.6) is 0 Å². The van der Waals surface area contributed by atoms with Gasteiger partial charge in [-0.2, -0.15) is 0 Å². The molecule has 4 heteroatoms. The Kier molecular flexibility index (Phi) is 7.20. The normalized spacial score (nSPS) is 13.0. The number of halogens is 2. The van der Waals surface area contributed by atoms with E-state index in [0.717, 1.165) is 6.54 Å². The second-order valence-corrected chi connectivity index (χ2v) is 7.68. The van der Waals surface area contributed by atoms with Gasteiger partial charge in [0.1, 0.15) is 0 Å². The second-order valence-electron chi connectivity index (χ2n) is 3.93. The smallest absolute Gasteiger partial charge is 0.0758 e. The summed E-state index contributed by atoms with van der Waals surface area (Å²) in [5.74, 6) is 0. The third-order valence-electron chi connectivity index (χ3n) is 2.55. The van der Waals surface area contributed by atoms with Crippen LogP contribution in [-0.2, 0) is 0 Å². The highest BCUT2D eigenvalue weighted by molar-refractivity contribution is 9.12. The monoisotopic (exact) mass is 367 g/mol. The van der Waals surface area contributed by atoms with Gasteiger partial charge in [0.2, 0.25) is 0 Å². The van der Waals surface area contributed by atoms with Crippen LogP contribution in [-0.4, -0.2) is 6.54 Å². The van der Waals surface area contributed by atoms with E-state index >= 15 is 0 Å².